The minimum absolute atomic E-state index is 0.230. The summed E-state index contributed by atoms with van der Waals surface area (Å²) >= 11 is 0. The molecule has 0 saturated carbocycles. The lowest BCUT2D eigenvalue weighted by Crippen LogP contribution is -2.08. The predicted molar refractivity (Wildman–Crippen MR) is 96.5 cm³/mol. The fourth-order valence-corrected chi connectivity index (χ4v) is 2.70. The number of aliphatic hydroxyl groups is 1. The quantitative estimate of drug-likeness (QED) is 0.591. The van der Waals surface area contributed by atoms with E-state index in [0.29, 0.717) is 22.7 Å². The molecule has 0 amide bonds. The summed E-state index contributed by atoms with van der Waals surface area (Å²) in [6.07, 6.45) is 2.44. The fraction of sp³-hybridized carbons (Fsp3) is 0.105. The standard InChI is InChI=1S/C19H16FN5O/c1-25-10-16(21-11-25)23-18-14-4-2-3-5-15(14)22-19(24-18)17(26)12-6-8-13(20)9-7-12/h2-11,17,26H,1H3,(H,22,23,24)/t17-/m0/s1. The Kier molecular flexibility index (Phi) is 4.06. The van der Waals surface area contributed by atoms with Crippen LogP contribution in [0.2, 0.25) is 0 Å². The zero-order chi connectivity index (χ0) is 18.1. The van der Waals surface area contributed by atoms with E-state index in [2.05, 4.69) is 20.3 Å². The summed E-state index contributed by atoms with van der Waals surface area (Å²) < 4.78 is 15.0. The molecular weight excluding hydrogens is 333 g/mol. The molecule has 0 unspecified atom stereocenters. The number of aryl methyl sites for hydroxylation is 1. The number of anilines is 2. The van der Waals surface area contributed by atoms with Crippen LogP contribution in [0.1, 0.15) is 17.5 Å². The summed E-state index contributed by atoms with van der Waals surface area (Å²) in [6, 6.07) is 13.1. The second kappa shape index (κ2) is 6.53. The number of hydrogen-bond acceptors (Lipinski definition) is 5. The van der Waals surface area contributed by atoms with Gasteiger partial charge in [-0.1, -0.05) is 24.3 Å². The molecule has 0 bridgehead atoms. The molecule has 1 atom stereocenters. The van der Waals surface area contributed by atoms with E-state index in [0.717, 1.165) is 5.39 Å². The van der Waals surface area contributed by atoms with Gasteiger partial charge in [-0.05, 0) is 29.8 Å². The summed E-state index contributed by atoms with van der Waals surface area (Å²) in [7, 11) is 1.87. The molecule has 4 aromatic rings. The molecule has 26 heavy (non-hydrogen) atoms. The second-order valence-corrected chi connectivity index (χ2v) is 5.95. The number of rotatable bonds is 4. The van der Waals surface area contributed by atoms with E-state index < -0.39 is 6.10 Å². The molecule has 2 heterocycles. The first-order chi connectivity index (χ1) is 12.6. The van der Waals surface area contributed by atoms with E-state index >= 15 is 0 Å². The molecule has 4 rings (SSSR count). The first-order valence-corrected chi connectivity index (χ1v) is 8.05. The molecule has 0 aliphatic heterocycles. The monoisotopic (exact) mass is 349 g/mol. The van der Waals surface area contributed by atoms with Crippen LogP contribution in [0.4, 0.5) is 16.0 Å². The van der Waals surface area contributed by atoms with E-state index in [1.54, 1.807) is 6.33 Å². The van der Waals surface area contributed by atoms with Crippen LogP contribution >= 0.6 is 0 Å². The molecule has 130 valence electrons. The molecule has 2 aromatic carbocycles. The number of aliphatic hydroxyl groups excluding tert-OH is 1. The number of fused-ring (bicyclic) bond motifs is 1. The number of para-hydroxylation sites is 1. The van der Waals surface area contributed by atoms with Crippen LogP contribution in [0, 0.1) is 5.82 Å². The van der Waals surface area contributed by atoms with Crippen LogP contribution in [0.15, 0.2) is 61.1 Å². The first-order valence-electron chi connectivity index (χ1n) is 8.05. The van der Waals surface area contributed by atoms with Gasteiger partial charge in [-0.2, -0.15) is 0 Å². The highest BCUT2D eigenvalue weighted by Crippen LogP contribution is 2.27. The van der Waals surface area contributed by atoms with Crippen molar-refractivity contribution in [3.63, 3.8) is 0 Å². The zero-order valence-electron chi connectivity index (χ0n) is 14.0. The maximum atomic E-state index is 13.1. The van der Waals surface area contributed by atoms with Crippen molar-refractivity contribution < 1.29 is 9.50 Å². The van der Waals surface area contributed by atoms with E-state index in [4.69, 9.17) is 0 Å². The number of halogens is 1. The van der Waals surface area contributed by atoms with Gasteiger partial charge in [0, 0.05) is 18.6 Å². The molecular formula is C19H16FN5O. The Hall–Kier alpha value is -3.32. The Bertz CT molecular complexity index is 1060. The van der Waals surface area contributed by atoms with Gasteiger partial charge in [-0.25, -0.2) is 19.3 Å². The number of aromatic nitrogens is 4. The molecule has 2 aromatic heterocycles. The van der Waals surface area contributed by atoms with Crippen molar-refractivity contribution in [1.29, 1.82) is 0 Å². The molecule has 7 heteroatoms. The highest BCUT2D eigenvalue weighted by atomic mass is 19.1. The van der Waals surface area contributed by atoms with Gasteiger partial charge < -0.3 is 15.0 Å². The van der Waals surface area contributed by atoms with Crippen LogP contribution in [0.5, 0.6) is 0 Å². The summed E-state index contributed by atoms with van der Waals surface area (Å²) in [4.78, 5) is 13.2. The number of imidazole rings is 1. The molecule has 0 aliphatic carbocycles. The minimum Gasteiger partial charge on any atom is -0.380 e. The van der Waals surface area contributed by atoms with Crippen LogP contribution in [0.25, 0.3) is 10.9 Å². The van der Waals surface area contributed by atoms with Crippen molar-refractivity contribution in [2.24, 2.45) is 7.05 Å². The van der Waals surface area contributed by atoms with Crippen LogP contribution < -0.4 is 5.32 Å². The molecule has 2 N–H and O–H groups in total. The highest BCUT2D eigenvalue weighted by Gasteiger charge is 2.17. The lowest BCUT2D eigenvalue weighted by molar-refractivity contribution is 0.210. The van der Waals surface area contributed by atoms with E-state index in [9.17, 15) is 9.50 Å². The number of benzene rings is 2. The molecule has 0 aliphatic rings. The highest BCUT2D eigenvalue weighted by molar-refractivity contribution is 5.90. The summed E-state index contributed by atoms with van der Waals surface area (Å²) in [6.45, 7) is 0. The van der Waals surface area contributed by atoms with E-state index in [-0.39, 0.29) is 11.6 Å². The van der Waals surface area contributed by atoms with Gasteiger partial charge in [-0.3, -0.25) is 0 Å². The van der Waals surface area contributed by atoms with Crippen LogP contribution in [-0.4, -0.2) is 24.6 Å². The van der Waals surface area contributed by atoms with Crippen molar-refractivity contribution >= 4 is 22.5 Å². The van der Waals surface area contributed by atoms with E-state index in [1.807, 2.05) is 42.1 Å². The fourth-order valence-electron chi connectivity index (χ4n) is 2.70. The van der Waals surface area contributed by atoms with Gasteiger partial charge in [0.05, 0.1) is 11.8 Å². The normalized spacial score (nSPS) is 12.3. The summed E-state index contributed by atoms with van der Waals surface area (Å²) in [5, 5.41) is 14.6. The lowest BCUT2D eigenvalue weighted by atomic mass is 10.1. The molecule has 6 nitrogen and oxygen atoms in total. The predicted octanol–water partition coefficient (Wildman–Crippen LogP) is 3.33. The second-order valence-electron chi connectivity index (χ2n) is 5.95. The van der Waals surface area contributed by atoms with Crippen molar-refractivity contribution in [3.05, 3.63) is 78.3 Å². The number of nitrogens with zero attached hydrogens (tertiary/aromatic N) is 4. The third-order valence-electron chi connectivity index (χ3n) is 4.00. The zero-order valence-corrected chi connectivity index (χ0v) is 14.0. The van der Waals surface area contributed by atoms with Gasteiger partial charge in [0.1, 0.15) is 23.6 Å². The Morgan fingerprint density at radius 2 is 1.85 bits per heavy atom. The Morgan fingerprint density at radius 3 is 2.58 bits per heavy atom. The topological polar surface area (TPSA) is 75.9 Å². The maximum absolute atomic E-state index is 13.1. The Balaban J connectivity index is 1.79. The van der Waals surface area contributed by atoms with Gasteiger partial charge >= 0.3 is 0 Å². The van der Waals surface area contributed by atoms with Gasteiger partial charge in [-0.15, -0.1) is 0 Å². The van der Waals surface area contributed by atoms with Crippen LogP contribution in [0.3, 0.4) is 0 Å². The average molecular weight is 349 g/mol. The number of nitrogens with one attached hydrogen (secondary N) is 1. The smallest absolute Gasteiger partial charge is 0.164 e. The van der Waals surface area contributed by atoms with E-state index in [1.165, 1.54) is 24.3 Å². The molecule has 0 radical (unpaired) electrons. The van der Waals surface area contributed by atoms with Crippen molar-refractivity contribution in [1.82, 2.24) is 19.5 Å². The van der Waals surface area contributed by atoms with Gasteiger partial charge in [0.25, 0.3) is 0 Å². The third-order valence-corrected chi connectivity index (χ3v) is 4.00. The van der Waals surface area contributed by atoms with Gasteiger partial charge in [0.2, 0.25) is 0 Å². The minimum atomic E-state index is -1.07. The largest absolute Gasteiger partial charge is 0.380 e. The maximum Gasteiger partial charge on any atom is 0.164 e. The van der Waals surface area contributed by atoms with Crippen molar-refractivity contribution in [2.75, 3.05) is 5.32 Å². The van der Waals surface area contributed by atoms with Crippen LogP contribution in [-0.2, 0) is 7.05 Å². The Morgan fingerprint density at radius 1 is 1.08 bits per heavy atom. The van der Waals surface area contributed by atoms with Crippen molar-refractivity contribution in [3.8, 4) is 0 Å². The third kappa shape index (κ3) is 3.12. The first kappa shape index (κ1) is 16.2. The molecule has 0 spiro atoms. The van der Waals surface area contributed by atoms with Gasteiger partial charge in [0.15, 0.2) is 5.82 Å². The molecule has 0 fully saturated rings. The SMILES string of the molecule is Cn1cnc(Nc2nc([C@@H](O)c3ccc(F)cc3)nc3ccccc23)c1. The average Bonchev–Trinajstić information content (AvgIpc) is 3.06. The molecule has 0 saturated heterocycles. The van der Waals surface area contributed by atoms with Crippen molar-refractivity contribution in [2.45, 2.75) is 6.10 Å². The Labute approximate surface area is 149 Å². The number of hydrogen-bond donors (Lipinski definition) is 2. The summed E-state index contributed by atoms with van der Waals surface area (Å²) in [5.41, 5.74) is 1.21. The summed E-state index contributed by atoms with van der Waals surface area (Å²) in [5.74, 6) is 1.05. The lowest BCUT2D eigenvalue weighted by Gasteiger charge is -2.13.